The molecule has 0 aliphatic heterocycles. The molecule has 0 spiro atoms. The fraction of sp³-hybridized carbons (Fsp3) is 0.538. The Morgan fingerprint density at radius 1 is 1.20 bits per heavy atom. The molecule has 1 aromatic heterocycles. The Balaban J connectivity index is 2.11. The summed E-state index contributed by atoms with van der Waals surface area (Å²) in [6, 6.07) is 9.92. The van der Waals surface area contributed by atoms with E-state index in [9.17, 15) is 15.5 Å². The van der Waals surface area contributed by atoms with E-state index in [0.717, 1.165) is 45.6 Å². The van der Waals surface area contributed by atoms with E-state index in [0.29, 0.717) is 6.42 Å². The molecule has 30 heavy (non-hydrogen) atoms. The van der Waals surface area contributed by atoms with E-state index >= 15 is 0 Å². The Kier molecular flexibility index (Phi) is 5.84. The first-order chi connectivity index (χ1) is 13.9. The second kappa shape index (κ2) is 7.80. The monoisotopic (exact) mass is 406 g/mol. The average molecular weight is 407 g/mol. The molecule has 1 aliphatic rings. The largest absolute Gasteiger partial charge is 0.388 e. The molecule has 0 radical (unpaired) electrons. The van der Waals surface area contributed by atoms with Crippen molar-refractivity contribution in [2.75, 3.05) is 0 Å². The highest BCUT2D eigenvalue weighted by Gasteiger charge is 2.36. The zero-order chi connectivity index (χ0) is 22.4. The van der Waals surface area contributed by atoms with Gasteiger partial charge in [-0.05, 0) is 61.6 Å². The van der Waals surface area contributed by atoms with Crippen LogP contribution in [0.25, 0.3) is 0 Å². The maximum atomic E-state index is 11.4. The SMILES string of the molecule is Cc1c2c(nc(C(C)C)c1C(O)c1ccc(C(C)(C)C#N)cc1)CC(C)(C)CC2O. The molecule has 1 aromatic carbocycles. The molecule has 2 aromatic rings. The number of fused-ring (bicyclic) bond motifs is 1. The van der Waals surface area contributed by atoms with Crippen LogP contribution in [0.3, 0.4) is 0 Å². The minimum atomic E-state index is -0.832. The van der Waals surface area contributed by atoms with E-state index in [1.165, 1.54) is 0 Å². The predicted molar refractivity (Wildman–Crippen MR) is 119 cm³/mol. The van der Waals surface area contributed by atoms with Gasteiger partial charge in [-0.2, -0.15) is 5.26 Å². The summed E-state index contributed by atoms with van der Waals surface area (Å²) in [5.41, 5.74) is 5.60. The van der Waals surface area contributed by atoms with Crippen molar-refractivity contribution in [3.8, 4) is 6.07 Å². The molecular weight excluding hydrogens is 372 g/mol. The van der Waals surface area contributed by atoms with E-state index in [1.54, 1.807) is 0 Å². The minimum Gasteiger partial charge on any atom is -0.388 e. The van der Waals surface area contributed by atoms with E-state index in [2.05, 4.69) is 33.8 Å². The summed E-state index contributed by atoms with van der Waals surface area (Å²) in [6.45, 7) is 14.3. The quantitative estimate of drug-likeness (QED) is 0.712. The van der Waals surface area contributed by atoms with E-state index < -0.39 is 17.6 Å². The standard InChI is InChI=1S/C26H34N2O2/c1-15(2)23-22(16(3)21-19(28-23)12-25(4,5)13-20(21)29)24(30)17-8-10-18(11-9-17)26(6,7)14-27/h8-11,15,20,24,29-30H,12-13H2,1-7H3. The molecule has 160 valence electrons. The maximum absolute atomic E-state index is 11.4. The number of nitriles is 1. The number of aliphatic hydroxyl groups excluding tert-OH is 2. The van der Waals surface area contributed by atoms with Gasteiger partial charge < -0.3 is 10.2 Å². The number of benzene rings is 1. The molecule has 3 rings (SSSR count). The third-order valence-electron chi connectivity index (χ3n) is 6.42. The second-order valence-electron chi connectivity index (χ2n) is 10.4. The summed E-state index contributed by atoms with van der Waals surface area (Å²) in [5, 5.41) is 31.6. The molecule has 4 nitrogen and oxygen atoms in total. The number of rotatable bonds is 4. The Morgan fingerprint density at radius 3 is 2.33 bits per heavy atom. The Morgan fingerprint density at radius 2 is 1.80 bits per heavy atom. The van der Waals surface area contributed by atoms with Gasteiger partial charge in [0.1, 0.15) is 6.10 Å². The maximum Gasteiger partial charge on any atom is 0.106 e. The van der Waals surface area contributed by atoms with Crippen LogP contribution in [0.4, 0.5) is 0 Å². The Bertz CT molecular complexity index is 982. The van der Waals surface area contributed by atoms with Gasteiger partial charge >= 0.3 is 0 Å². The van der Waals surface area contributed by atoms with Crippen LogP contribution in [0.2, 0.25) is 0 Å². The Hall–Kier alpha value is -2.22. The number of pyridine rings is 1. The molecule has 0 fully saturated rings. The molecule has 0 saturated heterocycles. The number of nitrogens with zero attached hydrogens (tertiary/aromatic N) is 2. The van der Waals surface area contributed by atoms with Gasteiger partial charge in [-0.15, -0.1) is 0 Å². The van der Waals surface area contributed by atoms with Crippen LogP contribution < -0.4 is 0 Å². The van der Waals surface area contributed by atoms with Gasteiger partial charge in [0.05, 0.1) is 17.6 Å². The van der Waals surface area contributed by atoms with Gasteiger partial charge in [0.15, 0.2) is 0 Å². The first-order valence-electron chi connectivity index (χ1n) is 10.8. The highest BCUT2D eigenvalue weighted by atomic mass is 16.3. The molecule has 1 aliphatic carbocycles. The fourth-order valence-corrected chi connectivity index (χ4v) is 4.65. The second-order valence-corrected chi connectivity index (χ2v) is 10.4. The number of aromatic nitrogens is 1. The summed E-state index contributed by atoms with van der Waals surface area (Å²) in [4.78, 5) is 4.97. The molecule has 2 unspecified atom stereocenters. The van der Waals surface area contributed by atoms with Crippen molar-refractivity contribution >= 4 is 0 Å². The van der Waals surface area contributed by atoms with Gasteiger partial charge in [0.25, 0.3) is 0 Å². The molecule has 2 atom stereocenters. The zero-order valence-electron chi connectivity index (χ0n) is 19.2. The summed E-state index contributed by atoms with van der Waals surface area (Å²) in [7, 11) is 0. The highest BCUT2D eigenvalue weighted by Crippen LogP contribution is 2.44. The molecule has 4 heteroatoms. The summed E-state index contributed by atoms with van der Waals surface area (Å²) >= 11 is 0. The van der Waals surface area contributed by atoms with E-state index in [-0.39, 0.29) is 11.3 Å². The highest BCUT2D eigenvalue weighted by molar-refractivity contribution is 5.48. The van der Waals surface area contributed by atoms with Gasteiger partial charge in [-0.3, -0.25) is 4.98 Å². The summed E-state index contributed by atoms with van der Waals surface area (Å²) in [6.07, 6.45) is 0.120. The third kappa shape index (κ3) is 4.02. The van der Waals surface area contributed by atoms with Gasteiger partial charge in [-0.1, -0.05) is 52.0 Å². The number of hydrogen-bond acceptors (Lipinski definition) is 4. The van der Waals surface area contributed by atoms with Crippen molar-refractivity contribution in [3.63, 3.8) is 0 Å². The van der Waals surface area contributed by atoms with Crippen molar-refractivity contribution in [2.24, 2.45) is 5.41 Å². The predicted octanol–water partition coefficient (Wildman–Crippen LogP) is 5.40. The minimum absolute atomic E-state index is 0.00359. The summed E-state index contributed by atoms with van der Waals surface area (Å²) < 4.78 is 0. The van der Waals surface area contributed by atoms with E-state index in [4.69, 9.17) is 4.98 Å². The Labute approximate surface area is 180 Å². The van der Waals surface area contributed by atoms with Crippen molar-refractivity contribution in [2.45, 2.75) is 84.8 Å². The third-order valence-corrected chi connectivity index (χ3v) is 6.42. The molecule has 2 N–H and O–H groups in total. The van der Waals surface area contributed by atoms with E-state index in [1.807, 2.05) is 45.0 Å². The van der Waals surface area contributed by atoms with Gasteiger partial charge in [0, 0.05) is 22.5 Å². The first-order valence-corrected chi connectivity index (χ1v) is 10.8. The lowest BCUT2D eigenvalue weighted by Gasteiger charge is -2.36. The first kappa shape index (κ1) is 22.5. The number of hydrogen-bond donors (Lipinski definition) is 2. The van der Waals surface area contributed by atoms with Crippen molar-refractivity contribution in [3.05, 3.63) is 63.5 Å². The van der Waals surface area contributed by atoms with Gasteiger partial charge in [0.2, 0.25) is 0 Å². The normalized spacial score (nSPS) is 19.3. The lowest BCUT2D eigenvalue weighted by Crippen LogP contribution is -2.29. The van der Waals surface area contributed by atoms with Crippen LogP contribution in [0, 0.1) is 23.7 Å². The molecule has 0 saturated carbocycles. The average Bonchev–Trinajstić information content (AvgIpc) is 2.65. The van der Waals surface area contributed by atoms with Crippen LogP contribution in [-0.4, -0.2) is 15.2 Å². The molecule has 0 amide bonds. The van der Waals surface area contributed by atoms with Crippen molar-refractivity contribution in [1.82, 2.24) is 4.98 Å². The topological polar surface area (TPSA) is 77.1 Å². The van der Waals surface area contributed by atoms with Crippen LogP contribution in [-0.2, 0) is 11.8 Å². The van der Waals surface area contributed by atoms with Crippen LogP contribution in [0.5, 0.6) is 0 Å². The van der Waals surface area contributed by atoms with Crippen LogP contribution >= 0.6 is 0 Å². The smallest absolute Gasteiger partial charge is 0.106 e. The van der Waals surface area contributed by atoms with Crippen molar-refractivity contribution in [1.29, 1.82) is 5.26 Å². The van der Waals surface area contributed by atoms with Crippen LogP contribution in [0.1, 0.15) is 105 Å². The fourth-order valence-electron chi connectivity index (χ4n) is 4.65. The number of aliphatic hydroxyl groups is 2. The molecule has 1 heterocycles. The van der Waals surface area contributed by atoms with Crippen LogP contribution in [0.15, 0.2) is 24.3 Å². The van der Waals surface area contributed by atoms with Gasteiger partial charge in [-0.25, -0.2) is 0 Å². The molecule has 0 bridgehead atoms. The zero-order valence-corrected chi connectivity index (χ0v) is 19.2. The lowest BCUT2D eigenvalue weighted by atomic mass is 9.72. The lowest BCUT2D eigenvalue weighted by molar-refractivity contribution is 0.0968. The summed E-state index contributed by atoms with van der Waals surface area (Å²) in [5.74, 6) is 0.151. The van der Waals surface area contributed by atoms with Crippen molar-refractivity contribution < 1.29 is 10.2 Å². The molecular formula is C26H34N2O2.